The summed E-state index contributed by atoms with van der Waals surface area (Å²) >= 11 is 0. The van der Waals surface area contributed by atoms with Crippen molar-refractivity contribution in [2.75, 3.05) is 46.0 Å². The van der Waals surface area contributed by atoms with E-state index in [1.165, 1.54) is 12.1 Å². The highest BCUT2D eigenvalue weighted by molar-refractivity contribution is 7.89. The van der Waals surface area contributed by atoms with Crippen LogP contribution in [-0.2, 0) is 10.0 Å². The molecular weight excluding hydrogens is 295 g/mol. The fourth-order valence-corrected chi connectivity index (χ4v) is 3.47. The van der Waals surface area contributed by atoms with Gasteiger partial charge in [0.1, 0.15) is 10.7 Å². The number of hydrogen-bond donors (Lipinski definition) is 2. The molecule has 1 aliphatic rings. The maximum atomic E-state index is 13.7. The Labute approximate surface area is 124 Å². The molecule has 2 rings (SSSR count). The van der Waals surface area contributed by atoms with E-state index in [4.69, 9.17) is 5.73 Å². The minimum atomic E-state index is -3.87. The van der Waals surface area contributed by atoms with Crippen molar-refractivity contribution in [3.63, 3.8) is 0 Å². The lowest BCUT2D eigenvalue weighted by atomic mass is 10.2. The van der Waals surface area contributed by atoms with Gasteiger partial charge in [0.05, 0.1) is 0 Å². The van der Waals surface area contributed by atoms with E-state index in [1.54, 1.807) is 0 Å². The van der Waals surface area contributed by atoms with Crippen molar-refractivity contribution in [1.29, 1.82) is 0 Å². The predicted molar refractivity (Wildman–Crippen MR) is 79.9 cm³/mol. The summed E-state index contributed by atoms with van der Waals surface area (Å²) in [5.74, 6) is -0.836. The maximum absolute atomic E-state index is 13.7. The number of halogens is 1. The Balaban J connectivity index is 2.07. The van der Waals surface area contributed by atoms with Gasteiger partial charge in [0.15, 0.2) is 0 Å². The zero-order chi connectivity index (χ0) is 15.6. The smallest absolute Gasteiger partial charge is 0.243 e. The molecule has 1 atom stereocenters. The molecule has 0 radical (unpaired) electrons. The van der Waals surface area contributed by atoms with Gasteiger partial charge in [-0.05, 0) is 32.3 Å². The summed E-state index contributed by atoms with van der Waals surface area (Å²) in [5.41, 5.74) is 5.62. The van der Waals surface area contributed by atoms with Gasteiger partial charge < -0.3 is 10.6 Å². The molecule has 118 valence electrons. The van der Waals surface area contributed by atoms with Crippen molar-refractivity contribution in [2.24, 2.45) is 0 Å². The lowest BCUT2D eigenvalue weighted by molar-refractivity contribution is 0.117. The summed E-state index contributed by atoms with van der Waals surface area (Å²) in [6, 6.07) is 3.63. The maximum Gasteiger partial charge on any atom is 0.243 e. The lowest BCUT2D eigenvalue weighted by Crippen LogP contribution is -2.54. The Morgan fingerprint density at radius 2 is 2.10 bits per heavy atom. The van der Waals surface area contributed by atoms with E-state index in [0.29, 0.717) is 0 Å². The van der Waals surface area contributed by atoms with Gasteiger partial charge in [-0.15, -0.1) is 0 Å². The normalized spacial score (nSPS) is 21.6. The average molecular weight is 316 g/mol. The van der Waals surface area contributed by atoms with Crippen molar-refractivity contribution in [1.82, 2.24) is 14.5 Å². The third kappa shape index (κ3) is 3.91. The van der Waals surface area contributed by atoms with Crippen LogP contribution in [0.4, 0.5) is 10.1 Å². The first-order chi connectivity index (χ1) is 9.79. The van der Waals surface area contributed by atoms with Crippen molar-refractivity contribution in [3.05, 3.63) is 24.0 Å². The van der Waals surface area contributed by atoms with Gasteiger partial charge in [0.2, 0.25) is 10.0 Å². The van der Waals surface area contributed by atoms with Crippen molar-refractivity contribution in [3.8, 4) is 0 Å². The molecule has 1 aliphatic heterocycles. The van der Waals surface area contributed by atoms with Gasteiger partial charge in [-0.25, -0.2) is 17.5 Å². The van der Waals surface area contributed by atoms with Crippen molar-refractivity contribution < 1.29 is 12.8 Å². The van der Waals surface area contributed by atoms with Crippen LogP contribution in [0.5, 0.6) is 0 Å². The minimum absolute atomic E-state index is 0.0652. The molecule has 0 bridgehead atoms. The molecule has 6 nitrogen and oxygen atoms in total. The van der Waals surface area contributed by atoms with E-state index >= 15 is 0 Å². The molecule has 1 heterocycles. The summed E-state index contributed by atoms with van der Waals surface area (Å²) in [5, 5.41) is 0. The molecule has 21 heavy (non-hydrogen) atoms. The summed E-state index contributed by atoms with van der Waals surface area (Å²) in [6.07, 6.45) is 0. The van der Waals surface area contributed by atoms with Gasteiger partial charge in [0, 0.05) is 37.9 Å². The third-order valence-electron chi connectivity index (χ3n) is 3.73. The van der Waals surface area contributed by atoms with Gasteiger partial charge in [-0.1, -0.05) is 0 Å². The number of hydrogen-bond acceptors (Lipinski definition) is 5. The molecule has 0 aliphatic carbocycles. The highest BCUT2D eigenvalue weighted by Crippen LogP contribution is 2.17. The van der Waals surface area contributed by atoms with Crippen LogP contribution in [0.2, 0.25) is 0 Å². The molecule has 1 saturated heterocycles. The van der Waals surface area contributed by atoms with E-state index in [1.807, 2.05) is 14.1 Å². The third-order valence-corrected chi connectivity index (χ3v) is 5.19. The number of benzene rings is 1. The van der Waals surface area contributed by atoms with Gasteiger partial charge in [0.25, 0.3) is 0 Å². The van der Waals surface area contributed by atoms with Crippen LogP contribution in [0.1, 0.15) is 0 Å². The van der Waals surface area contributed by atoms with Crippen LogP contribution in [0.3, 0.4) is 0 Å². The Hall–Kier alpha value is -1.22. The number of rotatable bonds is 4. The van der Waals surface area contributed by atoms with E-state index in [9.17, 15) is 12.8 Å². The Morgan fingerprint density at radius 1 is 1.38 bits per heavy atom. The first-order valence-corrected chi connectivity index (χ1v) is 8.21. The number of nitrogens with zero attached hydrogens (tertiary/aromatic N) is 2. The standard InChI is InChI=1S/C13H21FN4O2S/c1-17-5-6-18(2)11(9-17)8-16-21(19,20)13-4-3-10(15)7-12(13)14/h3-4,7,11,16H,5-6,8-9,15H2,1-2H3. The van der Waals surface area contributed by atoms with Crippen LogP contribution in [0, 0.1) is 5.82 Å². The molecule has 8 heteroatoms. The highest BCUT2D eigenvalue weighted by atomic mass is 32.2. The zero-order valence-corrected chi connectivity index (χ0v) is 13.0. The Bertz CT molecular complexity index is 608. The van der Waals surface area contributed by atoms with Gasteiger partial charge in [-0.2, -0.15) is 0 Å². The average Bonchev–Trinajstić information content (AvgIpc) is 2.39. The van der Waals surface area contributed by atoms with Crippen LogP contribution in [0.25, 0.3) is 0 Å². The van der Waals surface area contributed by atoms with Crippen molar-refractivity contribution in [2.45, 2.75) is 10.9 Å². The van der Waals surface area contributed by atoms with Gasteiger partial charge in [-0.3, -0.25) is 4.90 Å². The molecule has 0 spiro atoms. The number of anilines is 1. The minimum Gasteiger partial charge on any atom is -0.399 e. The molecule has 0 amide bonds. The van der Waals surface area contributed by atoms with E-state index < -0.39 is 15.8 Å². The number of sulfonamides is 1. The van der Waals surface area contributed by atoms with Crippen LogP contribution in [0.15, 0.2) is 23.1 Å². The number of likely N-dealkylation sites (N-methyl/N-ethyl adjacent to an activating group) is 2. The fraction of sp³-hybridized carbons (Fsp3) is 0.538. The van der Waals surface area contributed by atoms with Crippen LogP contribution >= 0.6 is 0 Å². The van der Waals surface area contributed by atoms with E-state index in [-0.39, 0.29) is 23.2 Å². The monoisotopic (exact) mass is 316 g/mol. The molecule has 1 aromatic carbocycles. The Morgan fingerprint density at radius 3 is 2.76 bits per heavy atom. The van der Waals surface area contributed by atoms with Crippen LogP contribution in [-0.4, -0.2) is 64.5 Å². The largest absolute Gasteiger partial charge is 0.399 e. The molecule has 0 aromatic heterocycles. The number of nitrogens with two attached hydrogens (primary N) is 1. The fourth-order valence-electron chi connectivity index (χ4n) is 2.34. The van der Waals surface area contributed by atoms with Crippen LogP contribution < -0.4 is 10.5 Å². The quantitative estimate of drug-likeness (QED) is 0.761. The number of nitrogens with one attached hydrogen (secondary N) is 1. The molecule has 1 fully saturated rings. The molecule has 0 saturated carbocycles. The summed E-state index contributed by atoms with van der Waals surface area (Å²) in [6.45, 7) is 2.84. The second-order valence-corrected chi connectivity index (χ2v) is 7.17. The summed E-state index contributed by atoms with van der Waals surface area (Å²) in [7, 11) is 0.0746. The SMILES string of the molecule is CN1CCN(C)C(CNS(=O)(=O)c2ccc(N)cc2F)C1. The number of piperazine rings is 1. The summed E-state index contributed by atoms with van der Waals surface area (Å²) < 4.78 is 40.6. The number of nitrogen functional groups attached to an aromatic ring is 1. The zero-order valence-electron chi connectivity index (χ0n) is 12.2. The Kier molecular flexibility index (Phi) is 4.82. The molecule has 3 N–H and O–H groups in total. The highest BCUT2D eigenvalue weighted by Gasteiger charge is 2.25. The topological polar surface area (TPSA) is 78.7 Å². The second kappa shape index (κ2) is 6.27. The van der Waals surface area contributed by atoms with E-state index in [2.05, 4.69) is 14.5 Å². The molecule has 1 aromatic rings. The first kappa shape index (κ1) is 16.2. The van der Waals surface area contributed by atoms with Gasteiger partial charge >= 0.3 is 0 Å². The molecule has 1 unspecified atom stereocenters. The lowest BCUT2D eigenvalue weighted by Gasteiger charge is -2.37. The molecular formula is C13H21FN4O2S. The second-order valence-electron chi connectivity index (χ2n) is 5.44. The summed E-state index contributed by atoms with van der Waals surface area (Å²) in [4.78, 5) is 3.87. The van der Waals surface area contributed by atoms with Crippen molar-refractivity contribution >= 4 is 15.7 Å². The predicted octanol–water partition coefficient (Wildman–Crippen LogP) is -0.0680. The van der Waals surface area contributed by atoms with E-state index in [0.717, 1.165) is 25.7 Å². The first-order valence-electron chi connectivity index (χ1n) is 6.73.